The first-order valence-electron chi connectivity index (χ1n) is 4.59. The van der Waals surface area contributed by atoms with E-state index in [1.165, 1.54) is 13.1 Å². The molecule has 0 saturated heterocycles. The Labute approximate surface area is 132 Å². The van der Waals surface area contributed by atoms with Crippen molar-refractivity contribution in [1.82, 2.24) is 0 Å². The predicted octanol–water partition coefficient (Wildman–Crippen LogP) is 3.12. The van der Waals surface area contributed by atoms with E-state index in [1.54, 1.807) is 24.3 Å². The van der Waals surface area contributed by atoms with Gasteiger partial charge in [0.2, 0.25) is 0 Å². The maximum atomic E-state index is 13.4. The average Bonchev–Trinajstić information content (AvgIpc) is 2.29. The number of benzene rings is 2. The molecular formula is C12H12FNO2SY-2. The smallest absolute Gasteiger partial charge is 0.131 e. The third-order valence-corrected chi connectivity index (χ3v) is 3.74. The molecule has 0 N–H and O–H groups in total. The Bertz CT molecular complexity index is 644. The first kappa shape index (κ1) is 17.6. The standard InChI is InChI=1S/C11H9FNO2S.CH3.Y/c1-13-16(14,15)11-7-6-10(12)8-4-2-3-5-9(8)11;;/h2-7H,1H3;1H3;/q2*-1;. The van der Waals surface area contributed by atoms with E-state index in [0.29, 0.717) is 5.39 Å². The second-order valence-electron chi connectivity index (χ2n) is 3.25. The van der Waals surface area contributed by atoms with Gasteiger partial charge in [-0.05, 0) is 12.1 Å². The zero-order valence-electron chi connectivity index (χ0n) is 10.1. The van der Waals surface area contributed by atoms with Gasteiger partial charge in [-0.25, -0.2) is 12.8 Å². The maximum Gasteiger partial charge on any atom is 0.131 e. The van der Waals surface area contributed by atoms with Gasteiger partial charge < -0.3 is 12.1 Å². The van der Waals surface area contributed by atoms with Gasteiger partial charge in [0, 0.05) is 43.5 Å². The molecule has 0 aliphatic rings. The van der Waals surface area contributed by atoms with E-state index in [2.05, 4.69) is 4.72 Å². The third-order valence-electron chi connectivity index (χ3n) is 2.35. The summed E-state index contributed by atoms with van der Waals surface area (Å²) in [5, 5.41) is 0.639. The van der Waals surface area contributed by atoms with Crippen molar-refractivity contribution >= 4 is 20.8 Å². The van der Waals surface area contributed by atoms with E-state index in [-0.39, 0.29) is 50.4 Å². The quantitative estimate of drug-likeness (QED) is 0.788. The van der Waals surface area contributed by atoms with Crippen LogP contribution in [0.15, 0.2) is 41.3 Å². The monoisotopic (exact) mass is 342 g/mol. The van der Waals surface area contributed by atoms with Gasteiger partial charge in [-0.15, -0.1) is 0 Å². The molecule has 0 saturated carbocycles. The molecule has 1 radical (unpaired) electrons. The van der Waals surface area contributed by atoms with Crippen LogP contribution in [0.5, 0.6) is 0 Å². The summed E-state index contributed by atoms with van der Waals surface area (Å²) in [5.41, 5.74) is 0. The molecule has 0 amide bonds. The molecule has 2 aromatic carbocycles. The number of rotatable bonds is 2. The van der Waals surface area contributed by atoms with Crippen LogP contribution >= 0.6 is 0 Å². The fourth-order valence-electron chi connectivity index (χ4n) is 1.56. The minimum Gasteiger partial charge on any atom is -0.547 e. The van der Waals surface area contributed by atoms with Gasteiger partial charge in [0.05, 0.1) is 4.90 Å². The van der Waals surface area contributed by atoms with Gasteiger partial charge >= 0.3 is 0 Å². The summed E-state index contributed by atoms with van der Waals surface area (Å²) in [5.74, 6) is -0.439. The van der Waals surface area contributed by atoms with Crippen molar-refractivity contribution in [3.63, 3.8) is 0 Å². The number of hydrogen-bond donors (Lipinski definition) is 0. The molecule has 18 heavy (non-hydrogen) atoms. The van der Waals surface area contributed by atoms with Crippen molar-refractivity contribution in [2.75, 3.05) is 7.05 Å². The minimum absolute atomic E-state index is 0. The maximum absolute atomic E-state index is 13.4. The molecule has 0 aliphatic carbocycles. The third kappa shape index (κ3) is 3.15. The number of sulfonamides is 1. The van der Waals surface area contributed by atoms with Crippen LogP contribution in [0.25, 0.3) is 15.5 Å². The Morgan fingerprint density at radius 3 is 2.17 bits per heavy atom. The fraction of sp³-hybridized carbons (Fsp3) is 0.0833. The van der Waals surface area contributed by atoms with Crippen LogP contribution in [0.2, 0.25) is 0 Å². The summed E-state index contributed by atoms with van der Waals surface area (Å²) in [7, 11) is -2.48. The normalized spacial score (nSPS) is 10.6. The first-order chi connectivity index (χ1) is 7.56. The molecule has 0 unspecified atom stereocenters. The molecule has 0 fully saturated rings. The van der Waals surface area contributed by atoms with Gasteiger partial charge in [0.15, 0.2) is 0 Å². The molecule has 6 heteroatoms. The summed E-state index contributed by atoms with van der Waals surface area (Å²) in [6, 6.07) is 8.80. The molecule has 0 aromatic heterocycles. The van der Waals surface area contributed by atoms with Crippen LogP contribution in [0, 0.1) is 13.2 Å². The van der Waals surface area contributed by atoms with Crippen molar-refractivity contribution in [3.05, 3.63) is 54.4 Å². The number of halogens is 1. The Kier molecular flexibility index (Phi) is 6.57. The van der Waals surface area contributed by atoms with E-state index in [0.717, 1.165) is 6.07 Å². The summed E-state index contributed by atoms with van der Waals surface area (Å²) in [6.45, 7) is 0. The molecular weight excluding hydrogens is 330 g/mol. The predicted molar refractivity (Wildman–Crippen MR) is 66.8 cm³/mol. The van der Waals surface area contributed by atoms with Crippen molar-refractivity contribution in [3.8, 4) is 0 Å². The number of nitrogens with zero attached hydrogens (tertiary/aromatic N) is 1. The van der Waals surface area contributed by atoms with E-state index in [1.807, 2.05) is 0 Å². The number of fused-ring (bicyclic) bond motifs is 1. The summed E-state index contributed by atoms with van der Waals surface area (Å²) >= 11 is 0. The Morgan fingerprint density at radius 1 is 1.06 bits per heavy atom. The van der Waals surface area contributed by atoms with E-state index in [4.69, 9.17) is 0 Å². The first-order valence-corrected chi connectivity index (χ1v) is 6.03. The average molecular weight is 342 g/mol. The van der Waals surface area contributed by atoms with Crippen LogP contribution in [0.3, 0.4) is 0 Å². The van der Waals surface area contributed by atoms with Crippen LogP contribution in [-0.4, -0.2) is 15.5 Å². The van der Waals surface area contributed by atoms with Crippen molar-refractivity contribution in [2.24, 2.45) is 0 Å². The van der Waals surface area contributed by atoms with E-state index < -0.39 is 15.8 Å². The summed E-state index contributed by atoms with van der Waals surface area (Å²) < 4.78 is 40.0. The SMILES string of the molecule is C[N-]S(=O)(=O)c1ccc(F)c2ccccc12.[CH3-].[Y]. The van der Waals surface area contributed by atoms with Gasteiger partial charge in [-0.1, -0.05) is 24.3 Å². The summed E-state index contributed by atoms with van der Waals surface area (Å²) in [4.78, 5) is 0.0343. The van der Waals surface area contributed by atoms with Crippen LogP contribution in [0.4, 0.5) is 4.39 Å². The molecule has 3 nitrogen and oxygen atoms in total. The van der Waals surface area contributed by atoms with Crippen LogP contribution in [-0.2, 0) is 42.7 Å². The van der Waals surface area contributed by atoms with Crippen molar-refractivity contribution < 1.29 is 45.5 Å². The van der Waals surface area contributed by atoms with Gasteiger partial charge in [-0.3, -0.25) is 0 Å². The van der Waals surface area contributed by atoms with Crippen LogP contribution < -0.4 is 0 Å². The Hall–Kier alpha value is -0.356. The molecule has 0 atom stereocenters. The summed E-state index contributed by atoms with van der Waals surface area (Å²) in [6.07, 6.45) is 0. The molecule has 0 heterocycles. The zero-order chi connectivity index (χ0) is 11.8. The topological polar surface area (TPSA) is 48.2 Å². The zero-order valence-corrected chi connectivity index (χ0v) is 13.7. The number of hydrogen-bond acceptors (Lipinski definition) is 2. The molecule has 0 bridgehead atoms. The second kappa shape index (κ2) is 6.71. The second-order valence-corrected chi connectivity index (χ2v) is 5.00. The largest absolute Gasteiger partial charge is 0.547 e. The van der Waals surface area contributed by atoms with Gasteiger partial charge in [0.1, 0.15) is 15.8 Å². The van der Waals surface area contributed by atoms with Gasteiger partial charge in [-0.2, -0.15) is 7.05 Å². The molecule has 0 aliphatic heterocycles. The van der Waals surface area contributed by atoms with Gasteiger partial charge in [0.25, 0.3) is 0 Å². The Balaban J connectivity index is 0.00000144. The Morgan fingerprint density at radius 2 is 1.61 bits per heavy atom. The van der Waals surface area contributed by atoms with E-state index >= 15 is 0 Å². The minimum atomic E-state index is -3.68. The van der Waals surface area contributed by atoms with Crippen LogP contribution in [0.1, 0.15) is 0 Å². The molecule has 2 rings (SSSR count). The molecule has 0 spiro atoms. The van der Waals surface area contributed by atoms with E-state index in [9.17, 15) is 12.8 Å². The molecule has 95 valence electrons. The fourth-order valence-corrected chi connectivity index (χ4v) is 2.45. The molecule has 2 aromatic rings. The van der Waals surface area contributed by atoms with Crippen molar-refractivity contribution in [1.29, 1.82) is 0 Å². The van der Waals surface area contributed by atoms with Crippen molar-refractivity contribution in [2.45, 2.75) is 4.90 Å².